The van der Waals surface area contributed by atoms with Gasteiger partial charge in [-0.05, 0) is 34.7 Å². The number of alkyl halides is 1. The number of benzene rings is 2. The van der Waals surface area contributed by atoms with E-state index in [-0.39, 0.29) is 11.0 Å². The van der Waals surface area contributed by atoms with Gasteiger partial charge < -0.3 is 4.43 Å². The highest BCUT2D eigenvalue weighted by Gasteiger charge is 2.50. The SMILES string of the molecule is CC(C)(C)[Si](OCC1CC(I)CCCCCC1=O)(c1ccccc1)c1ccccc1. The minimum absolute atomic E-state index is 0.00616. The fourth-order valence-electron chi connectivity index (χ4n) is 4.75. The van der Waals surface area contributed by atoms with Crippen LogP contribution in [-0.2, 0) is 9.22 Å². The van der Waals surface area contributed by atoms with Crippen LogP contribution in [0.4, 0.5) is 0 Å². The van der Waals surface area contributed by atoms with Crippen molar-refractivity contribution in [3.8, 4) is 0 Å². The average Bonchev–Trinajstić information content (AvgIpc) is 2.80. The molecule has 0 aliphatic heterocycles. The molecule has 0 radical (unpaired) electrons. The van der Waals surface area contributed by atoms with Gasteiger partial charge in [0.2, 0.25) is 0 Å². The summed E-state index contributed by atoms with van der Waals surface area (Å²) in [6.07, 6.45) is 6.30. The second-order valence-electron chi connectivity index (χ2n) is 9.57. The number of rotatable bonds is 5. The van der Waals surface area contributed by atoms with Crippen molar-refractivity contribution in [1.29, 1.82) is 0 Å². The van der Waals surface area contributed by atoms with Crippen LogP contribution >= 0.6 is 22.6 Å². The summed E-state index contributed by atoms with van der Waals surface area (Å²) in [5.74, 6) is 0.406. The summed E-state index contributed by atoms with van der Waals surface area (Å²) in [5, 5.41) is 2.51. The molecule has 1 aliphatic rings. The first-order valence-electron chi connectivity index (χ1n) is 11.3. The first kappa shape index (κ1) is 23.7. The molecule has 0 spiro atoms. The molecule has 30 heavy (non-hydrogen) atoms. The zero-order valence-corrected chi connectivity index (χ0v) is 21.7. The van der Waals surface area contributed by atoms with Crippen LogP contribution in [0.25, 0.3) is 0 Å². The van der Waals surface area contributed by atoms with Gasteiger partial charge in [0.15, 0.2) is 0 Å². The minimum atomic E-state index is -2.58. The molecule has 2 atom stereocenters. The Balaban J connectivity index is 1.99. The molecule has 0 N–H and O–H groups in total. The lowest BCUT2D eigenvalue weighted by Gasteiger charge is -2.43. The van der Waals surface area contributed by atoms with Crippen molar-refractivity contribution >= 4 is 47.1 Å². The second-order valence-corrected chi connectivity index (χ2v) is 15.6. The van der Waals surface area contributed by atoms with E-state index in [1.807, 2.05) is 0 Å². The molecule has 1 saturated carbocycles. The van der Waals surface area contributed by atoms with Crippen molar-refractivity contribution in [3.63, 3.8) is 0 Å². The first-order chi connectivity index (χ1) is 14.3. The predicted molar refractivity (Wildman–Crippen MR) is 138 cm³/mol. The third kappa shape index (κ3) is 5.43. The van der Waals surface area contributed by atoms with E-state index in [1.54, 1.807) is 0 Å². The number of carbonyl (C=O) groups excluding carboxylic acids is 1. The van der Waals surface area contributed by atoms with Crippen LogP contribution in [0.1, 0.15) is 59.3 Å². The van der Waals surface area contributed by atoms with E-state index in [0.29, 0.717) is 22.7 Å². The van der Waals surface area contributed by atoms with E-state index < -0.39 is 8.32 Å². The number of halogens is 1. The van der Waals surface area contributed by atoms with Crippen LogP contribution in [0.3, 0.4) is 0 Å². The van der Waals surface area contributed by atoms with Crippen LogP contribution < -0.4 is 10.4 Å². The van der Waals surface area contributed by atoms with E-state index in [1.165, 1.54) is 29.6 Å². The highest BCUT2D eigenvalue weighted by molar-refractivity contribution is 14.1. The third-order valence-corrected chi connectivity index (χ3v) is 12.5. The zero-order valence-electron chi connectivity index (χ0n) is 18.6. The number of carbonyl (C=O) groups is 1. The predicted octanol–water partition coefficient (Wildman–Crippen LogP) is 5.91. The zero-order chi connectivity index (χ0) is 21.6. The number of Topliss-reactive ketones (excluding diaryl/α,β-unsaturated/α-hetero) is 1. The van der Waals surface area contributed by atoms with Crippen LogP contribution in [0.2, 0.25) is 5.04 Å². The summed E-state index contributed by atoms with van der Waals surface area (Å²) >= 11 is 2.54. The summed E-state index contributed by atoms with van der Waals surface area (Å²) < 4.78 is 7.63. The monoisotopic (exact) mass is 534 g/mol. The quantitative estimate of drug-likeness (QED) is 0.271. The Bertz CT molecular complexity index is 761. The Kier molecular flexibility index (Phi) is 8.33. The van der Waals surface area contributed by atoms with E-state index >= 15 is 0 Å². The Hall–Kier alpha value is -0.983. The van der Waals surface area contributed by atoms with Gasteiger partial charge in [0.05, 0.1) is 0 Å². The maximum atomic E-state index is 13.0. The summed E-state index contributed by atoms with van der Waals surface area (Å²) in [6, 6.07) is 21.5. The van der Waals surface area contributed by atoms with Crippen molar-refractivity contribution in [2.24, 2.45) is 5.92 Å². The van der Waals surface area contributed by atoms with Crippen LogP contribution in [0, 0.1) is 5.92 Å². The third-order valence-electron chi connectivity index (χ3n) is 6.35. The summed E-state index contributed by atoms with van der Waals surface area (Å²) in [4.78, 5) is 13.0. The molecular formula is C26H35IO2Si. The van der Waals surface area contributed by atoms with Gasteiger partial charge in [-0.3, -0.25) is 4.79 Å². The van der Waals surface area contributed by atoms with E-state index in [4.69, 9.17) is 4.43 Å². The molecule has 2 aromatic carbocycles. The molecule has 0 saturated heterocycles. The molecule has 2 nitrogen and oxygen atoms in total. The van der Waals surface area contributed by atoms with Crippen molar-refractivity contribution in [2.45, 2.75) is 68.3 Å². The first-order valence-corrected chi connectivity index (χ1v) is 14.4. The van der Waals surface area contributed by atoms with Crippen LogP contribution in [-0.4, -0.2) is 24.6 Å². The molecule has 2 aromatic rings. The van der Waals surface area contributed by atoms with Crippen LogP contribution in [0.5, 0.6) is 0 Å². The van der Waals surface area contributed by atoms with Gasteiger partial charge in [-0.2, -0.15) is 0 Å². The maximum Gasteiger partial charge on any atom is 0.261 e. The second kappa shape index (κ2) is 10.6. The lowest BCUT2D eigenvalue weighted by atomic mass is 9.96. The molecule has 162 valence electrons. The molecule has 0 amide bonds. The van der Waals surface area contributed by atoms with E-state index in [9.17, 15) is 4.79 Å². The van der Waals surface area contributed by atoms with Crippen LogP contribution in [0.15, 0.2) is 60.7 Å². The Morgan fingerprint density at radius 2 is 1.50 bits per heavy atom. The summed E-state index contributed by atoms with van der Waals surface area (Å²) in [5.41, 5.74) is 0. The average molecular weight is 535 g/mol. The number of hydrogen-bond donors (Lipinski definition) is 0. The smallest absolute Gasteiger partial charge is 0.261 e. The maximum absolute atomic E-state index is 13.0. The standard InChI is InChI=1S/C26H35IO2Si/c1-26(2,3)30(23-14-8-5-9-15-23,24-16-10-6-11-17-24)29-20-21-19-22(27)13-7-4-12-18-25(21)28/h5-6,8-11,14-17,21-22H,4,7,12-13,18-20H2,1-3H3. The summed E-state index contributed by atoms with van der Waals surface area (Å²) in [6.45, 7) is 7.42. The Morgan fingerprint density at radius 1 is 0.933 bits per heavy atom. The van der Waals surface area contributed by atoms with Gasteiger partial charge >= 0.3 is 0 Å². The Labute approximate surface area is 197 Å². The molecule has 2 unspecified atom stereocenters. The molecule has 0 bridgehead atoms. The molecule has 0 aromatic heterocycles. The topological polar surface area (TPSA) is 26.3 Å². The normalized spacial score (nSPS) is 21.5. The molecule has 1 aliphatic carbocycles. The molecular weight excluding hydrogens is 499 g/mol. The molecule has 0 heterocycles. The highest BCUT2D eigenvalue weighted by Crippen LogP contribution is 2.37. The lowest BCUT2D eigenvalue weighted by molar-refractivity contribution is -0.124. The summed E-state index contributed by atoms with van der Waals surface area (Å²) in [7, 11) is -2.58. The number of ketones is 1. The van der Waals surface area contributed by atoms with Crippen molar-refractivity contribution in [3.05, 3.63) is 60.7 Å². The Morgan fingerprint density at radius 3 is 2.03 bits per heavy atom. The van der Waals surface area contributed by atoms with Gasteiger partial charge in [-0.1, -0.05) is 117 Å². The van der Waals surface area contributed by atoms with Gasteiger partial charge in [0.25, 0.3) is 8.32 Å². The lowest BCUT2D eigenvalue weighted by Crippen LogP contribution is -2.67. The van der Waals surface area contributed by atoms with E-state index in [0.717, 1.165) is 12.8 Å². The van der Waals surface area contributed by atoms with Gasteiger partial charge in [0.1, 0.15) is 5.78 Å². The number of hydrogen-bond acceptors (Lipinski definition) is 2. The van der Waals surface area contributed by atoms with Crippen molar-refractivity contribution in [2.75, 3.05) is 6.61 Å². The highest BCUT2D eigenvalue weighted by atomic mass is 127. The van der Waals surface area contributed by atoms with Gasteiger partial charge in [0, 0.05) is 22.9 Å². The molecule has 4 heteroatoms. The van der Waals surface area contributed by atoms with Gasteiger partial charge in [-0.15, -0.1) is 0 Å². The molecule has 1 fully saturated rings. The van der Waals surface area contributed by atoms with E-state index in [2.05, 4.69) is 104 Å². The van der Waals surface area contributed by atoms with Crippen molar-refractivity contribution < 1.29 is 9.22 Å². The minimum Gasteiger partial charge on any atom is -0.407 e. The molecule has 3 rings (SSSR count). The van der Waals surface area contributed by atoms with Crippen molar-refractivity contribution in [1.82, 2.24) is 0 Å². The fourth-order valence-corrected chi connectivity index (χ4v) is 10.4. The largest absolute Gasteiger partial charge is 0.407 e. The van der Waals surface area contributed by atoms with Gasteiger partial charge in [-0.25, -0.2) is 0 Å². The fraction of sp³-hybridized carbons (Fsp3) is 0.500.